The van der Waals surface area contributed by atoms with Gasteiger partial charge in [0.15, 0.2) is 0 Å². The molecule has 1 amide bonds. The molecule has 0 saturated carbocycles. The van der Waals surface area contributed by atoms with E-state index in [1.54, 1.807) is 29.2 Å². The smallest absolute Gasteiger partial charge is 0.316 e. The summed E-state index contributed by atoms with van der Waals surface area (Å²) in [5.41, 5.74) is 1.91. The van der Waals surface area contributed by atoms with E-state index in [0.29, 0.717) is 24.7 Å². The molecule has 2 heterocycles. The zero-order valence-electron chi connectivity index (χ0n) is 15.2. The van der Waals surface area contributed by atoms with Crippen LogP contribution in [-0.4, -0.2) is 40.1 Å². The summed E-state index contributed by atoms with van der Waals surface area (Å²) in [5.74, 6) is -0.0265. The molecule has 1 aliphatic rings. The topological polar surface area (TPSA) is 85.5 Å². The number of amides is 1. The number of nitrogens with zero attached hydrogens (tertiary/aromatic N) is 3. The van der Waals surface area contributed by atoms with E-state index in [-0.39, 0.29) is 18.3 Å². The molecule has 142 valence electrons. The second kappa shape index (κ2) is 8.04. The van der Waals surface area contributed by atoms with Crippen molar-refractivity contribution in [1.82, 2.24) is 15.1 Å². The predicted octanol–water partition coefficient (Wildman–Crippen LogP) is 2.73. The Kier molecular flexibility index (Phi) is 5.14. The molecule has 0 unspecified atom stereocenters. The van der Waals surface area contributed by atoms with E-state index in [1.807, 2.05) is 30.3 Å². The van der Waals surface area contributed by atoms with E-state index in [0.717, 1.165) is 12.0 Å². The van der Waals surface area contributed by atoms with Gasteiger partial charge in [0.1, 0.15) is 5.75 Å². The molecule has 0 aliphatic carbocycles. The fourth-order valence-corrected chi connectivity index (χ4v) is 3.22. The summed E-state index contributed by atoms with van der Waals surface area (Å²) in [6.45, 7) is 0.996. The van der Waals surface area contributed by atoms with Gasteiger partial charge in [-0.2, -0.15) is 0 Å². The molecule has 2 aromatic carbocycles. The lowest BCUT2D eigenvalue weighted by molar-refractivity contribution is -0.139. The average molecular weight is 377 g/mol. The summed E-state index contributed by atoms with van der Waals surface area (Å²) in [6.07, 6.45) is 2.21. The number of hydrogen-bond acceptors (Lipinski definition) is 6. The molecular formula is C21H19N3O4. The molecule has 1 aromatic heterocycles. The molecule has 4 rings (SSSR count). The highest BCUT2D eigenvalue weighted by Crippen LogP contribution is 2.24. The second-order valence-corrected chi connectivity index (χ2v) is 6.67. The van der Waals surface area contributed by atoms with Gasteiger partial charge in [0, 0.05) is 25.1 Å². The van der Waals surface area contributed by atoms with Crippen molar-refractivity contribution in [2.45, 2.75) is 12.8 Å². The van der Waals surface area contributed by atoms with Crippen LogP contribution in [0.15, 0.2) is 65.4 Å². The van der Waals surface area contributed by atoms with Crippen LogP contribution >= 0.6 is 0 Å². The first-order chi connectivity index (χ1) is 13.7. The Morgan fingerprint density at radius 1 is 1.14 bits per heavy atom. The van der Waals surface area contributed by atoms with Crippen molar-refractivity contribution in [2.75, 3.05) is 13.1 Å². The summed E-state index contributed by atoms with van der Waals surface area (Å²) < 4.78 is 10.6. The highest BCUT2D eigenvalue weighted by atomic mass is 16.5. The molecule has 1 fully saturated rings. The van der Waals surface area contributed by atoms with E-state index >= 15 is 0 Å². The fourth-order valence-electron chi connectivity index (χ4n) is 3.22. The first-order valence-corrected chi connectivity index (χ1v) is 9.09. The lowest BCUT2D eigenvalue weighted by Crippen LogP contribution is -2.29. The highest BCUT2D eigenvalue weighted by molar-refractivity contribution is 5.87. The second-order valence-electron chi connectivity index (χ2n) is 6.67. The lowest BCUT2D eigenvalue weighted by atomic mass is 10.1. The summed E-state index contributed by atoms with van der Waals surface area (Å²) in [5, 5.41) is 7.46. The third kappa shape index (κ3) is 4.09. The Hall–Kier alpha value is -3.48. The molecule has 0 bridgehead atoms. The number of carbonyl (C=O) groups excluding carboxylic acids is 2. The van der Waals surface area contributed by atoms with Crippen molar-refractivity contribution in [3.8, 4) is 17.2 Å². The molecule has 28 heavy (non-hydrogen) atoms. The maximum Gasteiger partial charge on any atom is 0.316 e. The summed E-state index contributed by atoms with van der Waals surface area (Å²) >= 11 is 0. The van der Waals surface area contributed by atoms with Crippen LogP contribution in [0.1, 0.15) is 12.0 Å². The van der Waals surface area contributed by atoms with Gasteiger partial charge in [-0.3, -0.25) is 9.59 Å². The number of aromatic nitrogens is 2. The molecule has 7 nitrogen and oxygen atoms in total. The van der Waals surface area contributed by atoms with Crippen molar-refractivity contribution in [3.05, 3.63) is 66.6 Å². The van der Waals surface area contributed by atoms with Crippen LogP contribution in [0.25, 0.3) is 11.5 Å². The number of likely N-dealkylation sites (tertiary alicyclic amines) is 1. The van der Waals surface area contributed by atoms with Crippen molar-refractivity contribution < 1.29 is 18.7 Å². The van der Waals surface area contributed by atoms with E-state index in [1.165, 1.54) is 12.0 Å². The van der Waals surface area contributed by atoms with Crippen LogP contribution < -0.4 is 4.74 Å². The fraction of sp³-hybridized carbons (Fsp3) is 0.238. The van der Waals surface area contributed by atoms with Gasteiger partial charge in [0.05, 0.1) is 5.92 Å². The van der Waals surface area contributed by atoms with Gasteiger partial charge in [0.25, 0.3) is 0 Å². The first-order valence-electron chi connectivity index (χ1n) is 9.09. The summed E-state index contributed by atoms with van der Waals surface area (Å²) in [4.78, 5) is 26.4. The number of ether oxygens (including phenoxy) is 1. The Labute approximate surface area is 161 Å². The van der Waals surface area contributed by atoms with Gasteiger partial charge in [-0.05, 0) is 36.2 Å². The van der Waals surface area contributed by atoms with Gasteiger partial charge in [-0.1, -0.05) is 30.3 Å². The quantitative estimate of drug-likeness (QED) is 0.485. The minimum atomic E-state index is -0.445. The number of benzene rings is 2. The molecule has 1 aliphatic heterocycles. The SMILES string of the molecule is O=C(Oc1ccc(-c2nnco2)cc1)[C@H]1CC(=O)N(CCc2ccccc2)C1. The van der Waals surface area contributed by atoms with Crippen LogP contribution in [0.5, 0.6) is 5.75 Å². The van der Waals surface area contributed by atoms with E-state index in [4.69, 9.17) is 9.15 Å². The Morgan fingerprint density at radius 3 is 2.64 bits per heavy atom. The maximum absolute atomic E-state index is 12.5. The molecule has 1 saturated heterocycles. The third-order valence-electron chi connectivity index (χ3n) is 4.74. The Morgan fingerprint density at radius 2 is 1.93 bits per heavy atom. The molecule has 7 heteroatoms. The molecule has 1 atom stereocenters. The standard InChI is InChI=1S/C21H19N3O4/c25-19-12-17(13-24(19)11-10-15-4-2-1-3-5-15)21(26)28-18-8-6-16(7-9-18)20-23-22-14-27-20/h1-9,14,17H,10-13H2/t17-/m0/s1. The number of carbonyl (C=O) groups is 2. The van der Waals surface area contributed by atoms with Crippen molar-refractivity contribution in [2.24, 2.45) is 5.92 Å². The highest BCUT2D eigenvalue weighted by Gasteiger charge is 2.35. The normalized spacial score (nSPS) is 16.4. The molecule has 3 aromatic rings. The van der Waals surface area contributed by atoms with Gasteiger partial charge < -0.3 is 14.1 Å². The number of esters is 1. The van der Waals surface area contributed by atoms with E-state index in [2.05, 4.69) is 10.2 Å². The van der Waals surface area contributed by atoms with Crippen LogP contribution in [0.4, 0.5) is 0 Å². The zero-order chi connectivity index (χ0) is 19.3. The first kappa shape index (κ1) is 17.9. The van der Waals surface area contributed by atoms with Crippen LogP contribution in [0.3, 0.4) is 0 Å². The summed E-state index contributed by atoms with van der Waals surface area (Å²) in [7, 11) is 0. The van der Waals surface area contributed by atoms with Gasteiger partial charge in [0.2, 0.25) is 18.2 Å². The number of rotatable bonds is 6. The van der Waals surface area contributed by atoms with Crippen molar-refractivity contribution in [3.63, 3.8) is 0 Å². The van der Waals surface area contributed by atoms with Gasteiger partial charge in [-0.15, -0.1) is 10.2 Å². The van der Waals surface area contributed by atoms with Crippen molar-refractivity contribution in [1.29, 1.82) is 0 Å². The Bertz CT molecular complexity index is 940. The minimum Gasteiger partial charge on any atom is -0.426 e. The van der Waals surface area contributed by atoms with Crippen LogP contribution in [0.2, 0.25) is 0 Å². The monoisotopic (exact) mass is 377 g/mol. The summed E-state index contributed by atoms with van der Waals surface area (Å²) in [6, 6.07) is 16.8. The zero-order valence-corrected chi connectivity index (χ0v) is 15.2. The van der Waals surface area contributed by atoms with Gasteiger partial charge in [-0.25, -0.2) is 0 Å². The van der Waals surface area contributed by atoms with Gasteiger partial charge >= 0.3 is 5.97 Å². The molecule has 0 N–H and O–H groups in total. The van der Waals surface area contributed by atoms with E-state index < -0.39 is 5.92 Å². The molecule has 0 radical (unpaired) electrons. The Balaban J connectivity index is 1.32. The van der Waals surface area contributed by atoms with Crippen molar-refractivity contribution >= 4 is 11.9 Å². The average Bonchev–Trinajstić information content (AvgIpc) is 3.38. The molecular weight excluding hydrogens is 358 g/mol. The third-order valence-corrected chi connectivity index (χ3v) is 4.74. The maximum atomic E-state index is 12.5. The number of hydrogen-bond donors (Lipinski definition) is 0. The van der Waals surface area contributed by atoms with E-state index in [9.17, 15) is 9.59 Å². The van der Waals surface area contributed by atoms with Crippen LogP contribution in [-0.2, 0) is 16.0 Å². The largest absolute Gasteiger partial charge is 0.426 e. The molecule has 0 spiro atoms. The minimum absolute atomic E-state index is 0.00961. The predicted molar refractivity (Wildman–Crippen MR) is 100 cm³/mol. The van der Waals surface area contributed by atoms with Crippen LogP contribution in [0, 0.1) is 5.92 Å². The lowest BCUT2D eigenvalue weighted by Gasteiger charge is -2.16.